The van der Waals surface area contributed by atoms with Crippen molar-refractivity contribution in [3.05, 3.63) is 24.3 Å². The number of hydrogen-bond donors (Lipinski definition) is 4. The second-order valence-corrected chi connectivity index (χ2v) is 11.0. The molecule has 0 aliphatic heterocycles. The summed E-state index contributed by atoms with van der Waals surface area (Å²) in [7, 11) is -4.42. The van der Waals surface area contributed by atoms with E-state index in [0.717, 1.165) is 51.4 Å². The molecular weight excluding hydrogens is 466 g/mol. The van der Waals surface area contributed by atoms with Gasteiger partial charge >= 0.3 is 0 Å². The van der Waals surface area contributed by atoms with Crippen LogP contribution in [0.15, 0.2) is 24.3 Å². The monoisotopic (exact) mass is 517 g/mol. The van der Waals surface area contributed by atoms with Crippen molar-refractivity contribution in [1.82, 2.24) is 5.32 Å². The fourth-order valence-electron chi connectivity index (χ4n) is 3.80. The van der Waals surface area contributed by atoms with E-state index < -0.39 is 40.0 Å². The normalized spacial score (nSPS) is 15.0. The third-order valence-corrected chi connectivity index (χ3v) is 6.76. The Balaban J connectivity index is 4.31. The number of rotatable bonds is 23. The predicted molar refractivity (Wildman–Crippen MR) is 144 cm³/mol. The van der Waals surface area contributed by atoms with Crippen LogP contribution in [-0.4, -0.2) is 53.1 Å². The smallest absolute Gasteiger partial charge is 0.267 e. The lowest BCUT2D eigenvalue weighted by Crippen LogP contribution is -2.50. The van der Waals surface area contributed by atoms with Crippen molar-refractivity contribution in [2.75, 3.05) is 5.75 Å². The summed E-state index contributed by atoms with van der Waals surface area (Å²) in [5.74, 6) is -1.57. The highest BCUT2D eigenvalue weighted by Gasteiger charge is 2.27. The van der Waals surface area contributed by atoms with Crippen LogP contribution in [0.4, 0.5) is 0 Å². The van der Waals surface area contributed by atoms with Crippen LogP contribution in [-0.2, 0) is 14.9 Å². The molecule has 0 aromatic carbocycles. The summed E-state index contributed by atoms with van der Waals surface area (Å²) in [6.45, 7) is 4.33. The zero-order valence-corrected chi connectivity index (χ0v) is 22.9. The zero-order valence-electron chi connectivity index (χ0n) is 22.0. The number of nitrogens with one attached hydrogen (secondary N) is 1. The molecule has 7 nitrogen and oxygen atoms in total. The number of aliphatic hydroxyl groups is 2. The predicted octanol–water partition coefficient (Wildman–Crippen LogP) is 5.47. The summed E-state index contributed by atoms with van der Waals surface area (Å²) in [6.07, 6.45) is 21.4. The molecule has 0 aliphatic rings. The van der Waals surface area contributed by atoms with Crippen molar-refractivity contribution in [3.8, 4) is 0 Å². The van der Waals surface area contributed by atoms with Gasteiger partial charge in [0.1, 0.15) is 6.10 Å². The second-order valence-electron chi connectivity index (χ2n) is 9.46. The molecular formula is C27H51NO6S. The van der Waals surface area contributed by atoms with Crippen LogP contribution in [0.3, 0.4) is 0 Å². The highest BCUT2D eigenvalue weighted by Crippen LogP contribution is 2.10. The Morgan fingerprint density at radius 1 is 0.771 bits per heavy atom. The molecule has 0 bridgehead atoms. The van der Waals surface area contributed by atoms with Crippen LogP contribution >= 0.6 is 0 Å². The standard InChI is InChI=1S/C27H51NO6S/c1-3-5-7-9-11-12-13-14-15-16-18-20-22-26(30)27(31)28-24(23-35(32,33)34)25(29)21-19-17-10-8-6-4-2/h14-15,19,21,24-26,29-30H,3-13,16-18,20,22-23H2,1-2H3,(H,28,31)(H,32,33,34)/b15-14-,21-19+. The maximum atomic E-state index is 12.3. The summed E-state index contributed by atoms with van der Waals surface area (Å²) in [4.78, 5) is 12.3. The average molecular weight is 518 g/mol. The molecule has 0 heterocycles. The van der Waals surface area contributed by atoms with Gasteiger partial charge in [-0.15, -0.1) is 0 Å². The largest absolute Gasteiger partial charge is 0.387 e. The van der Waals surface area contributed by atoms with Crippen LogP contribution in [0.2, 0.25) is 0 Å². The highest BCUT2D eigenvalue weighted by molar-refractivity contribution is 7.85. The molecule has 8 heteroatoms. The fraction of sp³-hybridized carbons (Fsp3) is 0.815. The molecule has 206 valence electrons. The van der Waals surface area contributed by atoms with Crippen LogP contribution < -0.4 is 5.32 Å². The third-order valence-electron chi connectivity index (χ3n) is 5.98. The number of carbonyl (C=O) groups is 1. The van der Waals surface area contributed by atoms with E-state index >= 15 is 0 Å². The molecule has 0 aromatic heterocycles. The molecule has 0 aliphatic carbocycles. The minimum Gasteiger partial charge on any atom is -0.387 e. The van der Waals surface area contributed by atoms with Gasteiger partial charge in [0.05, 0.1) is 17.9 Å². The molecule has 0 radical (unpaired) electrons. The van der Waals surface area contributed by atoms with Gasteiger partial charge in [-0.2, -0.15) is 8.42 Å². The van der Waals surface area contributed by atoms with Gasteiger partial charge in [0.2, 0.25) is 5.91 Å². The van der Waals surface area contributed by atoms with Gasteiger partial charge in [-0.05, 0) is 44.9 Å². The van der Waals surface area contributed by atoms with E-state index in [0.29, 0.717) is 6.42 Å². The van der Waals surface area contributed by atoms with Gasteiger partial charge in [-0.3, -0.25) is 9.35 Å². The number of allylic oxidation sites excluding steroid dienone is 3. The first-order chi connectivity index (χ1) is 16.7. The molecule has 1 amide bonds. The van der Waals surface area contributed by atoms with E-state index in [4.69, 9.17) is 0 Å². The lowest BCUT2D eigenvalue weighted by Gasteiger charge is -2.22. The topological polar surface area (TPSA) is 124 Å². The quantitative estimate of drug-likeness (QED) is 0.0809. The van der Waals surface area contributed by atoms with Crippen molar-refractivity contribution in [2.45, 2.75) is 135 Å². The van der Waals surface area contributed by atoms with E-state index in [-0.39, 0.29) is 6.42 Å². The molecule has 0 rings (SSSR count). The van der Waals surface area contributed by atoms with Crippen molar-refractivity contribution in [3.63, 3.8) is 0 Å². The zero-order chi connectivity index (χ0) is 26.4. The lowest BCUT2D eigenvalue weighted by atomic mass is 10.1. The molecule has 0 saturated heterocycles. The van der Waals surface area contributed by atoms with E-state index in [2.05, 4.69) is 31.3 Å². The summed E-state index contributed by atoms with van der Waals surface area (Å²) in [6, 6.07) is -1.23. The van der Waals surface area contributed by atoms with Crippen molar-refractivity contribution in [1.29, 1.82) is 0 Å². The van der Waals surface area contributed by atoms with Gasteiger partial charge in [0.15, 0.2) is 0 Å². The Morgan fingerprint density at radius 2 is 1.26 bits per heavy atom. The van der Waals surface area contributed by atoms with E-state index in [9.17, 15) is 28.0 Å². The van der Waals surface area contributed by atoms with Crippen LogP contribution in [0.25, 0.3) is 0 Å². The van der Waals surface area contributed by atoms with Gasteiger partial charge in [0, 0.05) is 0 Å². The van der Waals surface area contributed by atoms with E-state index in [1.807, 2.05) is 0 Å². The van der Waals surface area contributed by atoms with Gasteiger partial charge < -0.3 is 15.5 Å². The number of aliphatic hydroxyl groups excluding tert-OH is 2. The summed E-state index contributed by atoms with van der Waals surface area (Å²) >= 11 is 0. The molecule has 0 fully saturated rings. The SMILES string of the molecule is CCCCCC/C=C/C(O)C(CS(=O)(=O)O)NC(=O)C(O)CCCC/C=C\CCCCCCCC. The molecule has 0 aromatic rings. The van der Waals surface area contributed by atoms with Crippen LogP contribution in [0.1, 0.15) is 117 Å². The summed E-state index contributed by atoms with van der Waals surface area (Å²) < 4.78 is 31.9. The van der Waals surface area contributed by atoms with E-state index in [1.165, 1.54) is 44.6 Å². The van der Waals surface area contributed by atoms with Crippen molar-refractivity contribution < 1.29 is 28.0 Å². The van der Waals surface area contributed by atoms with Crippen LogP contribution in [0, 0.1) is 0 Å². The average Bonchev–Trinajstić information content (AvgIpc) is 2.80. The highest BCUT2D eigenvalue weighted by atomic mass is 32.2. The van der Waals surface area contributed by atoms with Gasteiger partial charge in [0.25, 0.3) is 10.1 Å². The lowest BCUT2D eigenvalue weighted by molar-refractivity contribution is -0.130. The molecule has 4 N–H and O–H groups in total. The Bertz CT molecular complexity index is 677. The molecule has 3 atom stereocenters. The van der Waals surface area contributed by atoms with Crippen LogP contribution in [0.5, 0.6) is 0 Å². The van der Waals surface area contributed by atoms with Crippen molar-refractivity contribution in [2.24, 2.45) is 0 Å². The Hall–Kier alpha value is -1.22. The van der Waals surface area contributed by atoms with E-state index in [1.54, 1.807) is 6.08 Å². The molecule has 0 spiro atoms. The summed E-state index contributed by atoms with van der Waals surface area (Å²) in [5.41, 5.74) is 0. The molecule has 3 unspecified atom stereocenters. The number of amides is 1. The number of hydrogen-bond acceptors (Lipinski definition) is 5. The second kappa shape index (κ2) is 22.0. The van der Waals surface area contributed by atoms with Gasteiger partial charge in [-0.1, -0.05) is 95.9 Å². The Labute approximate surface area is 214 Å². The van der Waals surface area contributed by atoms with Crippen molar-refractivity contribution >= 4 is 16.0 Å². The number of unbranched alkanes of at least 4 members (excludes halogenated alkanes) is 12. The first-order valence-electron chi connectivity index (χ1n) is 13.6. The van der Waals surface area contributed by atoms with Gasteiger partial charge in [-0.25, -0.2) is 0 Å². The first kappa shape index (κ1) is 33.8. The summed E-state index contributed by atoms with van der Waals surface area (Å²) in [5, 5.41) is 22.9. The molecule has 35 heavy (non-hydrogen) atoms. The molecule has 0 saturated carbocycles. The minimum absolute atomic E-state index is 0.249. The minimum atomic E-state index is -4.42. The first-order valence-corrected chi connectivity index (χ1v) is 15.3. The Kier molecular flexibility index (Phi) is 21.2. The third kappa shape index (κ3) is 21.8. The fourth-order valence-corrected chi connectivity index (χ4v) is 4.53. The Morgan fingerprint density at radius 3 is 1.83 bits per heavy atom. The number of carbonyl (C=O) groups excluding carboxylic acids is 1. The maximum Gasteiger partial charge on any atom is 0.267 e. The maximum absolute atomic E-state index is 12.3.